The fourth-order valence-electron chi connectivity index (χ4n) is 1.07. The van der Waals surface area contributed by atoms with Gasteiger partial charge in [0.25, 0.3) is 0 Å². The third-order valence-corrected chi connectivity index (χ3v) is 1.83. The van der Waals surface area contributed by atoms with Crippen molar-refractivity contribution in [1.29, 1.82) is 5.26 Å². The molecule has 0 saturated carbocycles. The van der Waals surface area contributed by atoms with Gasteiger partial charge in [-0.15, -0.1) is 0 Å². The van der Waals surface area contributed by atoms with E-state index >= 15 is 0 Å². The first-order chi connectivity index (χ1) is 6.29. The quantitative estimate of drug-likeness (QED) is 0.690. The minimum absolute atomic E-state index is 0.159. The summed E-state index contributed by atoms with van der Waals surface area (Å²) in [5.74, 6) is 0. The van der Waals surface area contributed by atoms with Crippen molar-refractivity contribution in [1.82, 2.24) is 15.0 Å². The van der Waals surface area contributed by atoms with Crippen LogP contribution >= 0.6 is 11.6 Å². The summed E-state index contributed by atoms with van der Waals surface area (Å²) in [5, 5.41) is 17.2. The maximum absolute atomic E-state index is 8.42. The molecule has 0 unspecified atom stereocenters. The Bertz CT molecular complexity index is 482. The van der Waals surface area contributed by atoms with Crippen molar-refractivity contribution in [2.24, 2.45) is 0 Å². The summed E-state index contributed by atoms with van der Waals surface area (Å²) in [5.41, 5.74) is 1.46. The van der Waals surface area contributed by atoms with E-state index in [9.17, 15) is 0 Å². The Morgan fingerprint density at radius 3 is 2.92 bits per heavy atom. The molecule has 5 heteroatoms. The average Bonchev–Trinajstić information content (AvgIpc) is 2.46. The summed E-state index contributed by atoms with van der Waals surface area (Å²) in [6.07, 6.45) is 0. The molecule has 0 N–H and O–H groups in total. The molecule has 0 radical (unpaired) electrons. The number of rotatable bonds is 1. The molecular weight excluding hydrogens is 188 g/mol. The highest BCUT2D eigenvalue weighted by atomic mass is 35.5. The molecule has 1 aromatic carbocycles. The topological polar surface area (TPSA) is 54.5 Å². The van der Waals surface area contributed by atoms with E-state index in [2.05, 4.69) is 10.2 Å². The number of hydrogen-bond donors (Lipinski definition) is 0. The highest BCUT2D eigenvalue weighted by Gasteiger charge is 2.01. The molecule has 0 fully saturated rings. The molecule has 4 nitrogen and oxygen atoms in total. The van der Waals surface area contributed by atoms with Crippen LogP contribution in [-0.4, -0.2) is 15.0 Å². The van der Waals surface area contributed by atoms with E-state index in [4.69, 9.17) is 16.9 Å². The number of hydrogen-bond acceptors (Lipinski definition) is 3. The Labute approximate surface area is 79.3 Å². The fourth-order valence-corrected chi connectivity index (χ4v) is 1.23. The van der Waals surface area contributed by atoms with Crippen LogP contribution in [0.3, 0.4) is 0 Å². The molecule has 0 aliphatic carbocycles. The smallest absolute Gasteiger partial charge is 0.147 e. The second-order valence-electron chi connectivity index (χ2n) is 2.52. The maximum atomic E-state index is 8.42. The van der Waals surface area contributed by atoms with E-state index in [0.717, 1.165) is 5.52 Å². The summed E-state index contributed by atoms with van der Waals surface area (Å²) >= 11 is 5.76. The van der Waals surface area contributed by atoms with E-state index in [-0.39, 0.29) is 6.54 Å². The second kappa shape index (κ2) is 3.04. The van der Waals surface area contributed by atoms with Gasteiger partial charge in [-0.25, -0.2) is 0 Å². The Hall–Kier alpha value is -1.60. The number of nitrogens with zero attached hydrogens (tertiary/aromatic N) is 4. The van der Waals surface area contributed by atoms with Gasteiger partial charge in [0.1, 0.15) is 17.6 Å². The summed E-state index contributed by atoms with van der Waals surface area (Å²) in [6.45, 7) is 0.159. The first-order valence-electron chi connectivity index (χ1n) is 3.67. The summed E-state index contributed by atoms with van der Waals surface area (Å²) in [4.78, 5) is 1.35. The van der Waals surface area contributed by atoms with Gasteiger partial charge in [0.05, 0.1) is 6.07 Å². The number of fused-ring (bicyclic) bond motifs is 1. The van der Waals surface area contributed by atoms with Gasteiger partial charge in [-0.1, -0.05) is 11.6 Å². The molecule has 13 heavy (non-hydrogen) atoms. The molecule has 1 aromatic heterocycles. The predicted molar refractivity (Wildman–Crippen MR) is 48.2 cm³/mol. The summed E-state index contributed by atoms with van der Waals surface area (Å²) < 4.78 is 0. The molecule has 2 rings (SSSR count). The third kappa shape index (κ3) is 1.46. The molecule has 1 heterocycles. The van der Waals surface area contributed by atoms with Crippen LogP contribution in [0.25, 0.3) is 11.0 Å². The average molecular weight is 193 g/mol. The Balaban J connectivity index is 2.57. The highest BCUT2D eigenvalue weighted by Crippen LogP contribution is 2.15. The van der Waals surface area contributed by atoms with Crippen molar-refractivity contribution in [2.75, 3.05) is 0 Å². The van der Waals surface area contributed by atoms with Crippen molar-refractivity contribution >= 4 is 22.6 Å². The third-order valence-electron chi connectivity index (χ3n) is 1.60. The van der Waals surface area contributed by atoms with Crippen molar-refractivity contribution < 1.29 is 0 Å². The molecular formula is C8H5ClN4. The van der Waals surface area contributed by atoms with Crippen LogP contribution in [0.5, 0.6) is 0 Å². The lowest BCUT2D eigenvalue weighted by Gasteiger charge is -1.85. The van der Waals surface area contributed by atoms with Crippen LogP contribution in [0, 0.1) is 11.3 Å². The molecule has 0 saturated heterocycles. The maximum Gasteiger partial charge on any atom is 0.147 e. The zero-order valence-electron chi connectivity index (χ0n) is 6.61. The standard InChI is InChI=1S/C8H5ClN4/c9-6-1-2-7-8(5-6)12-13(11-7)4-3-10/h1-2,5H,4H2. The molecule has 0 bridgehead atoms. The van der Waals surface area contributed by atoms with E-state index < -0.39 is 0 Å². The Morgan fingerprint density at radius 2 is 2.15 bits per heavy atom. The van der Waals surface area contributed by atoms with Gasteiger partial charge in [0.2, 0.25) is 0 Å². The van der Waals surface area contributed by atoms with Crippen LogP contribution in [0.2, 0.25) is 5.02 Å². The van der Waals surface area contributed by atoms with Crippen molar-refractivity contribution in [3.05, 3.63) is 23.2 Å². The van der Waals surface area contributed by atoms with Crippen LogP contribution in [0.1, 0.15) is 0 Å². The lowest BCUT2D eigenvalue weighted by molar-refractivity contribution is 0.618. The van der Waals surface area contributed by atoms with E-state index in [1.165, 1.54) is 4.80 Å². The minimum Gasteiger partial charge on any atom is -0.196 e. The predicted octanol–water partition coefficient (Wildman–Crippen LogP) is 1.61. The largest absolute Gasteiger partial charge is 0.196 e. The van der Waals surface area contributed by atoms with E-state index in [1.807, 2.05) is 6.07 Å². The molecule has 0 atom stereocenters. The van der Waals surface area contributed by atoms with Gasteiger partial charge in [0, 0.05) is 5.02 Å². The van der Waals surface area contributed by atoms with Gasteiger partial charge in [-0.05, 0) is 18.2 Å². The number of nitriles is 1. The van der Waals surface area contributed by atoms with Gasteiger partial charge in [-0.2, -0.15) is 20.3 Å². The van der Waals surface area contributed by atoms with E-state index in [1.54, 1.807) is 18.2 Å². The van der Waals surface area contributed by atoms with Crippen LogP contribution < -0.4 is 0 Å². The van der Waals surface area contributed by atoms with Gasteiger partial charge < -0.3 is 0 Å². The molecule has 64 valence electrons. The molecule has 0 aliphatic rings. The second-order valence-corrected chi connectivity index (χ2v) is 2.96. The lowest BCUT2D eigenvalue weighted by atomic mass is 10.3. The molecule has 0 amide bonds. The van der Waals surface area contributed by atoms with Crippen molar-refractivity contribution in [3.8, 4) is 6.07 Å². The van der Waals surface area contributed by atoms with Crippen molar-refractivity contribution in [3.63, 3.8) is 0 Å². The van der Waals surface area contributed by atoms with Crippen LogP contribution in [-0.2, 0) is 6.54 Å². The van der Waals surface area contributed by atoms with Crippen LogP contribution in [0.4, 0.5) is 0 Å². The molecule has 0 spiro atoms. The summed E-state index contributed by atoms with van der Waals surface area (Å²) in [7, 11) is 0. The van der Waals surface area contributed by atoms with Gasteiger partial charge >= 0.3 is 0 Å². The molecule has 2 aromatic rings. The zero-order valence-corrected chi connectivity index (χ0v) is 7.36. The van der Waals surface area contributed by atoms with Crippen molar-refractivity contribution in [2.45, 2.75) is 6.54 Å². The number of aromatic nitrogens is 3. The fraction of sp³-hybridized carbons (Fsp3) is 0.125. The zero-order chi connectivity index (χ0) is 9.26. The number of halogens is 1. The highest BCUT2D eigenvalue weighted by molar-refractivity contribution is 6.31. The first kappa shape index (κ1) is 8.02. The Kier molecular flexibility index (Phi) is 1.87. The van der Waals surface area contributed by atoms with Gasteiger partial charge in [-0.3, -0.25) is 0 Å². The minimum atomic E-state index is 0.159. The Morgan fingerprint density at radius 1 is 1.38 bits per heavy atom. The normalized spacial score (nSPS) is 10.2. The van der Waals surface area contributed by atoms with Crippen LogP contribution in [0.15, 0.2) is 18.2 Å². The summed E-state index contributed by atoms with van der Waals surface area (Å²) in [6, 6.07) is 7.21. The SMILES string of the molecule is N#CCn1nc2ccc(Cl)cc2n1. The lowest BCUT2D eigenvalue weighted by Crippen LogP contribution is -1.98. The monoisotopic (exact) mass is 192 g/mol. The molecule has 0 aliphatic heterocycles. The van der Waals surface area contributed by atoms with Gasteiger partial charge in [0.15, 0.2) is 0 Å². The van der Waals surface area contributed by atoms with E-state index in [0.29, 0.717) is 10.5 Å². The number of benzene rings is 1. The first-order valence-corrected chi connectivity index (χ1v) is 4.05.